The molecule has 0 unspecified atom stereocenters. The molecule has 0 spiro atoms. The Morgan fingerprint density at radius 2 is 1.93 bits per heavy atom. The molecule has 2 N–H and O–H groups in total. The average Bonchev–Trinajstić information content (AvgIpc) is 2.13. The predicted octanol–water partition coefficient (Wildman–Crippen LogP) is 1.81. The summed E-state index contributed by atoms with van der Waals surface area (Å²) in [5, 5.41) is 0. The van der Waals surface area contributed by atoms with Gasteiger partial charge in [-0.1, -0.05) is 42.5 Å². The van der Waals surface area contributed by atoms with Gasteiger partial charge in [-0.05, 0) is 5.56 Å². The van der Waals surface area contributed by atoms with E-state index in [4.69, 9.17) is 9.79 Å². The lowest BCUT2D eigenvalue weighted by atomic mass is 10.2. The topological polar surface area (TPSA) is 66.8 Å². The lowest BCUT2D eigenvalue weighted by Gasteiger charge is -2.00. The van der Waals surface area contributed by atoms with E-state index >= 15 is 0 Å². The smallest absolute Gasteiger partial charge is 0.303 e. The van der Waals surface area contributed by atoms with E-state index in [0.29, 0.717) is 0 Å². The van der Waals surface area contributed by atoms with Crippen molar-refractivity contribution in [1.29, 1.82) is 0 Å². The summed E-state index contributed by atoms with van der Waals surface area (Å²) in [5.41, 5.74) is 0.960. The van der Waals surface area contributed by atoms with Crippen molar-refractivity contribution < 1.29 is 18.9 Å². The summed E-state index contributed by atoms with van der Waals surface area (Å²) in [6, 6.07) is 9.42. The van der Waals surface area contributed by atoms with Crippen LogP contribution < -0.4 is 0 Å². The SMILES string of the molecule is O=P(O)(O)OC/C=C/c1ccccc1. The van der Waals surface area contributed by atoms with Gasteiger partial charge in [0.25, 0.3) is 0 Å². The highest BCUT2D eigenvalue weighted by molar-refractivity contribution is 7.46. The molecule has 0 heterocycles. The van der Waals surface area contributed by atoms with E-state index in [1.165, 1.54) is 0 Å². The summed E-state index contributed by atoms with van der Waals surface area (Å²) in [4.78, 5) is 16.7. The zero-order valence-electron chi connectivity index (χ0n) is 7.41. The summed E-state index contributed by atoms with van der Waals surface area (Å²) >= 11 is 0. The summed E-state index contributed by atoms with van der Waals surface area (Å²) < 4.78 is 14.5. The molecule has 1 aromatic rings. The fraction of sp³-hybridized carbons (Fsp3) is 0.111. The Kier molecular flexibility index (Phi) is 4.04. The van der Waals surface area contributed by atoms with Crippen LogP contribution in [-0.2, 0) is 9.09 Å². The molecule has 1 aromatic carbocycles. The van der Waals surface area contributed by atoms with Gasteiger partial charge in [0.2, 0.25) is 0 Å². The summed E-state index contributed by atoms with van der Waals surface area (Å²) in [6.45, 7) is -0.0980. The largest absolute Gasteiger partial charge is 0.469 e. The lowest BCUT2D eigenvalue weighted by molar-refractivity contribution is 0.216. The van der Waals surface area contributed by atoms with Gasteiger partial charge in [0.15, 0.2) is 0 Å². The van der Waals surface area contributed by atoms with E-state index < -0.39 is 7.82 Å². The molecule has 4 nitrogen and oxygen atoms in total. The molecule has 0 fully saturated rings. The Balaban J connectivity index is 2.39. The van der Waals surface area contributed by atoms with E-state index in [0.717, 1.165) is 5.56 Å². The van der Waals surface area contributed by atoms with Crippen LogP contribution in [0.4, 0.5) is 0 Å². The van der Waals surface area contributed by atoms with Gasteiger partial charge in [0, 0.05) is 0 Å². The first kappa shape index (κ1) is 11.1. The molecule has 76 valence electrons. The molecule has 0 radical (unpaired) electrons. The molecule has 14 heavy (non-hydrogen) atoms. The van der Waals surface area contributed by atoms with Crippen molar-refractivity contribution in [1.82, 2.24) is 0 Å². The van der Waals surface area contributed by atoms with Crippen molar-refractivity contribution in [2.45, 2.75) is 0 Å². The Hall–Kier alpha value is -0.930. The fourth-order valence-corrected chi connectivity index (χ4v) is 1.17. The van der Waals surface area contributed by atoms with Crippen molar-refractivity contribution in [2.75, 3.05) is 6.61 Å². The molecule has 0 aliphatic carbocycles. The van der Waals surface area contributed by atoms with Gasteiger partial charge < -0.3 is 9.79 Å². The number of hydrogen-bond acceptors (Lipinski definition) is 2. The zero-order chi connectivity index (χ0) is 10.4. The third kappa shape index (κ3) is 4.94. The first-order chi connectivity index (χ1) is 6.58. The first-order valence-electron chi connectivity index (χ1n) is 3.99. The Labute approximate surface area is 82.1 Å². The van der Waals surface area contributed by atoms with Gasteiger partial charge in [-0.2, -0.15) is 0 Å². The van der Waals surface area contributed by atoms with Crippen molar-refractivity contribution in [3.8, 4) is 0 Å². The second-order valence-corrected chi connectivity index (χ2v) is 3.84. The first-order valence-corrected chi connectivity index (χ1v) is 5.53. The van der Waals surface area contributed by atoms with Crippen LogP contribution in [0.15, 0.2) is 36.4 Å². The zero-order valence-corrected chi connectivity index (χ0v) is 8.30. The predicted molar refractivity (Wildman–Crippen MR) is 53.5 cm³/mol. The third-order valence-corrected chi connectivity index (χ3v) is 1.93. The second kappa shape index (κ2) is 5.08. The molecular weight excluding hydrogens is 203 g/mol. The Morgan fingerprint density at radius 1 is 1.29 bits per heavy atom. The molecular formula is C9H11O4P. The van der Waals surface area contributed by atoms with Crippen LogP contribution in [0.3, 0.4) is 0 Å². The van der Waals surface area contributed by atoms with Crippen LogP contribution in [0.5, 0.6) is 0 Å². The quantitative estimate of drug-likeness (QED) is 0.750. The second-order valence-electron chi connectivity index (χ2n) is 2.60. The lowest BCUT2D eigenvalue weighted by Crippen LogP contribution is -1.87. The average molecular weight is 214 g/mol. The molecule has 1 rings (SSSR count). The number of benzene rings is 1. The standard InChI is InChI=1S/C9H11O4P/c10-14(11,12)13-8-4-7-9-5-2-1-3-6-9/h1-7H,8H2,(H2,10,11,12)/b7-4+. The maximum absolute atomic E-state index is 10.3. The number of hydrogen-bond donors (Lipinski definition) is 2. The minimum Gasteiger partial charge on any atom is -0.303 e. The monoisotopic (exact) mass is 214 g/mol. The van der Waals surface area contributed by atoms with E-state index in [1.807, 2.05) is 30.3 Å². The highest BCUT2D eigenvalue weighted by atomic mass is 31.2. The molecule has 0 amide bonds. The van der Waals surface area contributed by atoms with Crippen LogP contribution in [0.1, 0.15) is 5.56 Å². The Bertz CT molecular complexity index is 341. The van der Waals surface area contributed by atoms with Crippen LogP contribution in [-0.4, -0.2) is 16.4 Å². The maximum Gasteiger partial charge on any atom is 0.469 e. The van der Waals surface area contributed by atoms with Crippen LogP contribution >= 0.6 is 7.82 Å². The van der Waals surface area contributed by atoms with Crippen molar-refractivity contribution >= 4 is 13.9 Å². The van der Waals surface area contributed by atoms with Gasteiger partial charge in [-0.15, -0.1) is 0 Å². The molecule has 5 heteroatoms. The molecule has 0 aromatic heterocycles. The van der Waals surface area contributed by atoms with Crippen LogP contribution in [0, 0.1) is 0 Å². The van der Waals surface area contributed by atoms with Crippen molar-refractivity contribution in [3.63, 3.8) is 0 Å². The van der Waals surface area contributed by atoms with Gasteiger partial charge in [-0.25, -0.2) is 4.57 Å². The summed E-state index contributed by atoms with van der Waals surface area (Å²) in [5.74, 6) is 0. The molecule has 0 aliphatic heterocycles. The van der Waals surface area contributed by atoms with Gasteiger partial charge in [0.1, 0.15) is 0 Å². The van der Waals surface area contributed by atoms with Gasteiger partial charge >= 0.3 is 7.82 Å². The van der Waals surface area contributed by atoms with E-state index in [9.17, 15) is 4.57 Å². The summed E-state index contributed by atoms with van der Waals surface area (Å²) in [7, 11) is -4.34. The highest BCUT2D eigenvalue weighted by Crippen LogP contribution is 2.35. The Morgan fingerprint density at radius 3 is 2.50 bits per heavy atom. The van der Waals surface area contributed by atoms with Crippen molar-refractivity contribution in [3.05, 3.63) is 42.0 Å². The van der Waals surface area contributed by atoms with Crippen LogP contribution in [0.2, 0.25) is 0 Å². The maximum atomic E-state index is 10.3. The molecule has 0 saturated heterocycles. The third-order valence-electron chi connectivity index (χ3n) is 1.45. The normalized spacial score (nSPS) is 12.1. The van der Waals surface area contributed by atoms with Crippen LogP contribution in [0.25, 0.3) is 6.08 Å². The molecule has 0 atom stereocenters. The van der Waals surface area contributed by atoms with E-state index in [2.05, 4.69) is 4.52 Å². The molecule has 0 aliphatic rings. The number of phosphoric acid groups is 1. The fourth-order valence-electron chi connectivity index (χ4n) is 0.888. The minimum absolute atomic E-state index is 0.0980. The number of phosphoric ester groups is 1. The highest BCUT2D eigenvalue weighted by Gasteiger charge is 2.11. The molecule has 0 bridgehead atoms. The molecule has 0 saturated carbocycles. The van der Waals surface area contributed by atoms with E-state index in [1.54, 1.807) is 12.2 Å². The van der Waals surface area contributed by atoms with Crippen molar-refractivity contribution in [2.24, 2.45) is 0 Å². The number of rotatable bonds is 4. The van der Waals surface area contributed by atoms with Gasteiger partial charge in [0.05, 0.1) is 6.61 Å². The summed E-state index contributed by atoms with van der Waals surface area (Å²) in [6.07, 6.45) is 3.28. The minimum atomic E-state index is -4.34. The van der Waals surface area contributed by atoms with Gasteiger partial charge in [-0.3, -0.25) is 4.52 Å². The van der Waals surface area contributed by atoms with E-state index in [-0.39, 0.29) is 6.61 Å².